The van der Waals surface area contributed by atoms with Gasteiger partial charge in [0.15, 0.2) is 14.1 Å². The molecule has 5 rings (SSSR count). The van der Waals surface area contributed by atoms with E-state index in [2.05, 4.69) is 53.7 Å². The van der Waals surface area contributed by atoms with Crippen molar-refractivity contribution in [2.45, 2.75) is 95.6 Å². The number of nitrogens with zero attached hydrogens (tertiary/aromatic N) is 5. The average molecular weight is 659 g/mol. The predicted molar refractivity (Wildman–Crippen MR) is 173 cm³/mol. The summed E-state index contributed by atoms with van der Waals surface area (Å²) in [7, 11) is -1.93. The summed E-state index contributed by atoms with van der Waals surface area (Å²) < 4.78 is 64.3. The molecule has 0 saturated heterocycles. The van der Waals surface area contributed by atoms with Crippen LogP contribution in [0.25, 0.3) is 28.0 Å². The summed E-state index contributed by atoms with van der Waals surface area (Å²) in [4.78, 5) is 13.3. The average Bonchev–Trinajstić information content (AvgIpc) is 3.35. The van der Waals surface area contributed by atoms with E-state index in [-0.39, 0.29) is 28.9 Å². The van der Waals surface area contributed by atoms with Gasteiger partial charge in [0.05, 0.1) is 41.5 Å². The molecule has 1 N–H and O–H groups in total. The molecule has 2 atom stereocenters. The van der Waals surface area contributed by atoms with Gasteiger partial charge in [0.2, 0.25) is 0 Å². The molecule has 1 aliphatic rings. The number of rotatable bonds is 8. The molecule has 0 spiro atoms. The molecule has 4 aromatic rings. The van der Waals surface area contributed by atoms with Crippen LogP contribution in [0, 0.1) is 5.92 Å². The molecule has 1 saturated carbocycles. The molecule has 45 heavy (non-hydrogen) atoms. The van der Waals surface area contributed by atoms with Gasteiger partial charge in [-0.05, 0) is 75.9 Å². The summed E-state index contributed by atoms with van der Waals surface area (Å²) in [6, 6.07) is 8.97. The second kappa shape index (κ2) is 12.1. The Morgan fingerprint density at radius 2 is 1.71 bits per heavy atom. The van der Waals surface area contributed by atoms with Gasteiger partial charge >= 0.3 is 6.18 Å². The molecule has 1 aromatic carbocycles. The van der Waals surface area contributed by atoms with E-state index in [9.17, 15) is 17.7 Å². The fourth-order valence-corrected chi connectivity index (χ4v) is 7.26. The van der Waals surface area contributed by atoms with E-state index in [0.717, 1.165) is 24.3 Å². The number of aromatic nitrogens is 5. The van der Waals surface area contributed by atoms with Crippen molar-refractivity contribution >= 4 is 30.6 Å². The lowest BCUT2D eigenvalue weighted by atomic mass is 9.76. The van der Waals surface area contributed by atoms with Crippen LogP contribution < -0.4 is 4.72 Å². The van der Waals surface area contributed by atoms with Crippen LogP contribution in [0.3, 0.4) is 0 Å². The van der Waals surface area contributed by atoms with Crippen LogP contribution in [0.4, 0.5) is 13.2 Å². The zero-order chi connectivity index (χ0) is 32.9. The van der Waals surface area contributed by atoms with Gasteiger partial charge in [-0.15, -0.1) is 4.72 Å². The number of alkyl halides is 3. The quantitative estimate of drug-likeness (QED) is 0.152. The van der Waals surface area contributed by atoms with Crippen molar-refractivity contribution in [2.24, 2.45) is 5.92 Å². The van der Waals surface area contributed by atoms with Crippen molar-refractivity contribution < 1.29 is 22.2 Å². The third-order valence-electron chi connectivity index (χ3n) is 8.74. The third kappa shape index (κ3) is 7.27. The lowest BCUT2D eigenvalue weighted by molar-refractivity contribution is -0.141. The van der Waals surface area contributed by atoms with Crippen molar-refractivity contribution in [1.82, 2.24) is 29.5 Å². The van der Waals surface area contributed by atoms with Crippen LogP contribution in [0.2, 0.25) is 18.1 Å². The van der Waals surface area contributed by atoms with Crippen LogP contribution in [0.15, 0.2) is 55.0 Å². The number of hydrogen-bond donors (Lipinski definition) is 1. The minimum absolute atomic E-state index is 0.0604. The molecule has 0 aliphatic heterocycles. The first-order valence-corrected chi connectivity index (χ1v) is 19.1. The van der Waals surface area contributed by atoms with E-state index in [1.807, 2.05) is 39.0 Å². The van der Waals surface area contributed by atoms with Gasteiger partial charge in [-0.25, -0.2) is 14.6 Å². The number of nitrogens with one attached hydrogen (secondary N) is 1. The Morgan fingerprint density at radius 1 is 1.00 bits per heavy atom. The molecule has 13 heteroatoms. The lowest BCUT2D eigenvalue weighted by Crippen LogP contribution is -2.51. The number of halogens is 3. The zero-order valence-corrected chi connectivity index (χ0v) is 28.8. The first-order valence-electron chi connectivity index (χ1n) is 15.0. The van der Waals surface area contributed by atoms with Crippen LogP contribution >= 0.6 is 0 Å². The Hall–Kier alpha value is -2.84. The Bertz CT molecular complexity index is 1660. The van der Waals surface area contributed by atoms with Gasteiger partial charge in [-0.3, -0.25) is 4.98 Å². The van der Waals surface area contributed by atoms with Gasteiger partial charge in [-0.1, -0.05) is 39.0 Å². The third-order valence-corrected chi connectivity index (χ3v) is 14.9. The van der Waals surface area contributed by atoms with Crippen molar-refractivity contribution in [2.75, 3.05) is 0 Å². The molecule has 1 aliphatic carbocycles. The molecule has 3 aromatic heterocycles. The first kappa shape index (κ1) is 33.5. The number of pyridine rings is 1. The van der Waals surface area contributed by atoms with Gasteiger partial charge in [0, 0.05) is 28.4 Å². The molecular weight excluding hydrogens is 618 g/mol. The predicted octanol–water partition coefficient (Wildman–Crippen LogP) is 7.79. The van der Waals surface area contributed by atoms with Gasteiger partial charge in [0.1, 0.15) is 10.4 Å². The van der Waals surface area contributed by atoms with E-state index in [4.69, 9.17) is 9.41 Å². The van der Waals surface area contributed by atoms with Crippen molar-refractivity contribution in [3.05, 3.63) is 66.4 Å². The highest BCUT2D eigenvalue weighted by atomic mass is 32.2. The smallest absolute Gasteiger partial charge is 0.433 e. The molecule has 2 unspecified atom stereocenters. The molecule has 1 fully saturated rings. The SMILES string of the molecule is CC(C)(C)[S+]([O-])NC(c1cncc(-c2ccc3cnn(-c4cccc(C(F)(F)F)n4)c3c2)n1)C1CC(O[Si](C)(C)C(C)(C)C)C1. The standard InChI is InChI=1S/C32H41F3N6O2SSi/c1-30(2,3)44(42)40-29(22-14-23(15-22)43-45(7,8)31(4,5)6)25-19-36-18-24(38-25)20-12-13-21-17-37-41(26(21)16-20)28-11-9-10-27(39-28)32(33,34)35/h9-13,16-19,22-23,29,40H,14-15H2,1-8H3. The van der Waals surface area contributed by atoms with E-state index in [1.165, 1.54) is 16.8 Å². The van der Waals surface area contributed by atoms with E-state index in [1.54, 1.807) is 18.6 Å². The minimum Gasteiger partial charge on any atom is -0.598 e. The van der Waals surface area contributed by atoms with Crippen molar-refractivity contribution in [3.63, 3.8) is 0 Å². The summed E-state index contributed by atoms with van der Waals surface area (Å²) in [6.07, 6.45) is 2.17. The first-order chi connectivity index (χ1) is 20.8. The maximum Gasteiger partial charge on any atom is 0.433 e. The number of benzene rings is 1. The summed E-state index contributed by atoms with van der Waals surface area (Å²) in [5.74, 6) is 0.219. The molecule has 242 valence electrons. The maximum atomic E-state index is 13.3. The normalized spacial score (nSPS) is 19.4. The summed E-state index contributed by atoms with van der Waals surface area (Å²) >= 11 is -1.35. The molecule has 0 radical (unpaired) electrons. The fraction of sp³-hybridized carbons (Fsp3) is 0.500. The Balaban J connectivity index is 1.45. The molecule has 0 amide bonds. The van der Waals surface area contributed by atoms with Gasteiger partial charge in [0.25, 0.3) is 0 Å². The summed E-state index contributed by atoms with van der Waals surface area (Å²) in [5, 5.41) is 5.16. The van der Waals surface area contributed by atoms with E-state index < -0.39 is 36.3 Å². The highest BCUT2D eigenvalue weighted by Gasteiger charge is 2.46. The second-order valence-electron chi connectivity index (χ2n) is 14.2. The van der Waals surface area contributed by atoms with E-state index >= 15 is 0 Å². The van der Waals surface area contributed by atoms with Crippen LogP contribution in [-0.4, -0.2) is 48.5 Å². The molecule has 0 bridgehead atoms. The number of fused-ring (bicyclic) bond motifs is 1. The molecular formula is C32H41F3N6O2SSi. The van der Waals surface area contributed by atoms with Crippen LogP contribution in [0.5, 0.6) is 0 Å². The van der Waals surface area contributed by atoms with Crippen LogP contribution in [-0.2, 0) is 22.0 Å². The highest BCUT2D eigenvalue weighted by Crippen LogP contribution is 2.45. The van der Waals surface area contributed by atoms with Crippen molar-refractivity contribution in [1.29, 1.82) is 0 Å². The monoisotopic (exact) mass is 658 g/mol. The Morgan fingerprint density at radius 3 is 2.36 bits per heavy atom. The zero-order valence-electron chi connectivity index (χ0n) is 26.9. The fourth-order valence-electron chi connectivity index (χ4n) is 4.99. The Kier molecular flexibility index (Phi) is 8.99. The largest absolute Gasteiger partial charge is 0.598 e. The lowest BCUT2D eigenvalue weighted by Gasteiger charge is -2.46. The topological polar surface area (TPSA) is 101 Å². The van der Waals surface area contributed by atoms with Gasteiger partial charge in [-0.2, -0.15) is 18.3 Å². The van der Waals surface area contributed by atoms with Crippen LogP contribution in [0.1, 0.15) is 71.8 Å². The summed E-state index contributed by atoms with van der Waals surface area (Å²) in [6.45, 7) is 17.0. The summed E-state index contributed by atoms with van der Waals surface area (Å²) in [5.41, 5.74) is 1.57. The Labute approximate surface area is 266 Å². The highest BCUT2D eigenvalue weighted by molar-refractivity contribution is 7.90. The van der Waals surface area contributed by atoms with Gasteiger partial charge < -0.3 is 8.98 Å². The van der Waals surface area contributed by atoms with E-state index in [0.29, 0.717) is 22.5 Å². The maximum absolute atomic E-state index is 13.3. The second-order valence-corrected chi connectivity index (χ2v) is 21.0. The minimum atomic E-state index is -4.57. The number of hydrogen-bond acceptors (Lipinski definition) is 7. The molecule has 3 heterocycles. The van der Waals surface area contributed by atoms with Crippen molar-refractivity contribution in [3.8, 4) is 17.1 Å². The molecule has 8 nitrogen and oxygen atoms in total.